The number of hydrogen-bond acceptors (Lipinski definition) is 3. The lowest BCUT2D eigenvalue weighted by Gasteiger charge is -2.29. The Balaban J connectivity index is 2.25. The van der Waals surface area contributed by atoms with Gasteiger partial charge in [-0.05, 0) is 30.2 Å². The van der Waals surface area contributed by atoms with Crippen LogP contribution in [0.1, 0.15) is 11.1 Å². The Morgan fingerprint density at radius 1 is 1.15 bits per heavy atom. The van der Waals surface area contributed by atoms with Crippen LogP contribution in [0, 0.1) is 18.3 Å². The lowest BCUT2D eigenvalue weighted by atomic mass is 9.92. The first-order valence-corrected chi connectivity index (χ1v) is 6.58. The topological polar surface area (TPSA) is 53.0 Å². The zero-order valence-electron chi connectivity index (χ0n) is 11.9. The molecule has 0 amide bonds. The van der Waals surface area contributed by atoms with Crippen LogP contribution in [0.25, 0.3) is 0 Å². The number of likely N-dealkylation sites (N-methyl/N-ethyl adjacent to an activating group) is 1. The SMILES string of the molecule is Cc1cccc(N(C)CC(N)(C#N)c2ccccc2)c1. The van der Waals surface area contributed by atoms with Gasteiger partial charge in [0.05, 0.1) is 12.6 Å². The van der Waals surface area contributed by atoms with Crippen molar-refractivity contribution >= 4 is 5.69 Å². The van der Waals surface area contributed by atoms with E-state index in [1.54, 1.807) is 0 Å². The maximum absolute atomic E-state index is 9.49. The number of nitriles is 1. The summed E-state index contributed by atoms with van der Waals surface area (Å²) >= 11 is 0. The number of anilines is 1. The molecule has 0 fully saturated rings. The van der Waals surface area contributed by atoms with Crippen molar-refractivity contribution in [1.29, 1.82) is 5.26 Å². The molecule has 0 radical (unpaired) electrons. The Kier molecular flexibility index (Phi) is 4.07. The first-order chi connectivity index (χ1) is 9.55. The Hall–Kier alpha value is -2.31. The minimum Gasteiger partial charge on any atom is -0.371 e. The van der Waals surface area contributed by atoms with E-state index >= 15 is 0 Å². The number of hydrogen-bond donors (Lipinski definition) is 1. The fourth-order valence-corrected chi connectivity index (χ4v) is 2.26. The molecular weight excluding hydrogens is 246 g/mol. The number of nitrogens with zero attached hydrogens (tertiary/aromatic N) is 2. The summed E-state index contributed by atoms with van der Waals surface area (Å²) < 4.78 is 0. The molecule has 0 aliphatic carbocycles. The summed E-state index contributed by atoms with van der Waals surface area (Å²) in [5.41, 5.74) is 8.36. The van der Waals surface area contributed by atoms with Crippen LogP contribution < -0.4 is 10.6 Å². The molecule has 1 unspecified atom stereocenters. The van der Waals surface area contributed by atoms with Gasteiger partial charge in [-0.25, -0.2) is 0 Å². The summed E-state index contributed by atoms with van der Waals surface area (Å²) in [6.45, 7) is 2.49. The van der Waals surface area contributed by atoms with Crippen LogP contribution in [0.2, 0.25) is 0 Å². The highest BCUT2D eigenvalue weighted by Gasteiger charge is 2.28. The number of aryl methyl sites for hydroxylation is 1. The van der Waals surface area contributed by atoms with E-state index in [-0.39, 0.29) is 0 Å². The van der Waals surface area contributed by atoms with Crippen LogP contribution in [-0.2, 0) is 5.54 Å². The molecule has 0 bridgehead atoms. The zero-order valence-corrected chi connectivity index (χ0v) is 11.9. The molecule has 2 N–H and O–H groups in total. The molecule has 0 aliphatic heterocycles. The quantitative estimate of drug-likeness (QED) is 0.924. The van der Waals surface area contributed by atoms with Crippen molar-refractivity contribution in [1.82, 2.24) is 0 Å². The summed E-state index contributed by atoms with van der Waals surface area (Å²) in [7, 11) is 1.96. The fraction of sp³-hybridized carbons (Fsp3) is 0.235. The molecule has 0 saturated heterocycles. The van der Waals surface area contributed by atoms with Gasteiger partial charge >= 0.3 is 0 Å². The van der Waals surface area contributed by atoms with E-state index in [2.05, 4.69) is 25.1 Å². The molecule has 3 heteroatoms. The number of nitrogens with two attached hydrogens (primary N) is 1. The highest BCUT2D eigenvalue weighted by molar-refractivity contribution is 5.49. The molecule has 2 aromatic rings. The van der Waals surface area contributed by atoms with Gasteiger partial charge in [-0.15, -0.1) is 0 Å². The van der Waals surface area contributed by atoms with Crippen LogP contribution in [0.3, 0.4) is 0 Å². The Labute approximate surface area is 120 Å². The van der Waals surface area contributed by atoms with Crippen LogP contribution in [0.4, 0.5) is 5.69 Å². The van der Waals surface area contributed by atoms with Gasteiger partial charge < -0.3 is 10.6 Å². The van der Waals surface area contributed by atoms with Gasteiger partial charge in [0.2, 0.25) is 0 Å². The largest absolute Gasteiger partial charge is 0.371 e. The third-order valence-corrected chi connectivity index (χ3v) is 3.42. The molecule has 102 valence electrons. The molecular formula is C17H19N3. The molecule has 0 aliphatic rings. The molecule has 3 nitrogen and oxygen atoms in total. The van der Waals surface area contributed by atoms with Gasteiger partial charge in [-0.2, -0.15) is 5.26 Å². The van der Waals surface area contributed by atoms with Gasteiger partial charge in [-0.1, -0.05) is 42.5 Å². The molecule has 0 aromatic heterocycles. The maximum atomic E-state index is 9.49. The van der Waals surface area contributed by atoms with E-state index in [1.807, 2.05) is 54.4 Å². The normalized spacial score (nSPS) is 13.3. The van der Waals surface area contributed by atoms with Crippen LogP contribution in [0.15, 0.2) is 54.6 Å². The van der Waals surface area contributed by atoms with Crippen LogP contribution >= 0.6 is 0 Å². The maximum Gasteiger partial charge on any atom is 0.147 e. The van der Waals surface area contributed by atoms with Crippen molar-refractivity contribution < 1.29 is 0 Å². The Bertz CT molecular complexity index is 616. The number of rotatable bonds is 4. The van der Waals surface area contributed by atoms with Crippen molar-refractivity contribution in [3.8, 4) is 6.07 Å². The van der Waals surface area contributed by atoms with Crippen molar-refractivity contribution in [2.45, 2.75) is 12.5 Å². The lowest BCUT2D eigenvalue weighted by molar-refractivity contribution is 0.571. The van der Waals surface area contributed by atoms with E-state index in [0.717, 1.165) is 11.3 Å². The molecule has 2 rings (SSSR count). The highest BCUT2D eigenvalue weighted by atomic mass is 15.1. The predicted molar refractivity (Wildman–Crippen MR) is 82.4 cm³/mol. The minimum atomic E-state index is -1.01. The molecule has 0 heterocycles. The molecule has 20 heavy (non-hydrogen) atoms. The summed E-state index contributed by atoms with van der Waals surface area (Å²) in [4.78, 5) is 2.02. The standard InChI is InChI=1S/C17H19N3/c1-14-7-6-10-16(11-14)20(2)13-17(19,12-18)15-8-4-3-5-9-15/h3-11H,13,19H2,1-2H3. The van der Waals surface area contributed by atoms with Gasteiger partial charge in [0.25, 0.3) is 0 Å². The van der Waals surface area contributed by atoms with E-state index < -0.39 is 5.54 Å². The van der Waals surface area contributed by atoms with Crippen molar-refractivity contribution in [3.05, 3.63) is 65.7 Å². The van der Waals surface area contributed by atoms with E-state index in [0.29, 0.717) is 6.54 Å². The van der Waals surface area contributed by atoms with Gasteiger partial charge in [0, 0.05) is 12.7 Å². The lowest BCUT2D eigenvalue weighted by Crippen LogP contribution is -2.45. The molecule has 2 aromatic carbocycles. The Morgan fingerprint density at radius 2 is 1.85 bits per heavy atom. The van der Waals surface area contributed by atoms with Crippen LogP contribution in [-0.4, -0.2) is 13.6 Å². The molecule has 0 saturated carbocycles. The first kappa shape index (κ1) is 14.1. The molecule has 1 atom stereocenters. The molecule has 0 spiro atoms. The van der Waals surface area contributed by atoms with Crippen molar-refractivity contribution in [2.75, 3.05) is 18.5 Å². The summed E-state index contributed by atoms with van der Waals surface area (Å²) in [6.07, 6.45) is 0. The fourth-order valence-electron chi connectivity index (χ4n) is 2.26. The third kappa shape index (κ3) is 2.98. The Morgan fingerprint density at radius 3 is 2.45 bits per heavy atom. The predicted octanol–water partition coefficient (Wildman–Crippen LogP) is 2.81. The minimum absolute atomic E-state index is 0.441. The average Bonchev–Trinajstić information content (AvgIpc) is 2.48. The highest BCUT2D eigenvalue weighted by Crippen LogP contribution is 2.22. The zero-order chi connectivity index (χ0) is 14.6. The number of benzene rings is 2. The summed E-state index contributed by atoms with van der Waals surface area (Å²) in [5.74, 6) is 0. The monoisotopic (exact) mass is 265 g/mol. The first-order valence-electron chi connectivity index (χ1n) is 6.58. The second-order valence-corrected chi connectivity index (χ2v) is 5.14. The average molecular weight is 265 g/mol. The van der Waals surface area contributed by atoms with Crippen molar-refractivity contribution in [3.63, 3.8) is 0 Å². The second kappa shape index (κ2) is 5.77. The van der Waals surface area contributed by atoms with Crippen molar-refractivity contribution in [2.24, 2.45) is 5.73 Å². The van der Waals surface area contributed by atoms with Gasteiger partial charge in [-0.3, -0.25) is 0 Å². The van der Waals surface area contributed by atoms with Gasteiger partial charge in [0.1, 0.15) is 5.54 Å². The van der Waals surface area contributed by atoms with E-state index in [9.17, 15) is 5.26 Å². The summed E-state index contributed by atoms with van der Waals surface area (Å²) in [6, 6.07) is 19.9. The van der Waals surface area contributed by atoms with Crippen LogP contribution in [0.5, 0.6) is 0 Å². The smallest absolute Gasteiger partial charge is 0.147 e. The third-order valence-electron chi connectivity index (χ3n) is 3.42. The van der Waals surface area contributed by atoms with Gasteiger partial charge in [0.15, 0.2) is 0 Å². The summed E-state index contributed by atoms with van der Waals surface area (Å²) in [5, 5.41) is 9.49. The van der Waals surface area contributed by atoms with E-state index in [1.165, 1.54) is 5.56 Å². The van der Waals surface area contributed by atoms with E-state index in [4.69, 9.17) is 5.73 Å². The second-order valence-electron chi connectivity index (χ2n) is 5.14.